The van der Waals surface area contributed by atoms with Gasteiger partial charge in [0, 0.05) is 6.04 Å². The van der Waals surface area contributed by atoms with Gasteiger partial charge in [-0.15, -0.1) is 0 Å². The molecule has 1 nitrogen and oxygen atoms in total. The number of hydrogen-bond donors (Lipinski definition) is 1. The van der Waals surface area contributed by atoms with Crippen LogP contribution in [0.4, 0.5) is 4.39 Å². The van der Waals surface area contributed by atoms with Gasteiger partial charge in [-0.25, -0.2) is 4.39 Å². The van der Waals surface area contributed by atoms with Gasteiger partial charge in [0.1, 0.15) is 5.82 Å². The largest absolute Gasteiger partial charge is 0.313 e. The van der Waals surface area contributed by atoms with E-state index >= 15 is 0 Å². The molecule has 2 aromatic carbocycles. The standard InChI is InChI=1S/C18H19ClFN/c1-21-17(15-6-3-7-16(20)18(15)19)11-12-8-9-13-4-2-5-14(13)10-12/h3,6-10,17,21H,2,4-5,11H2,1H3. The molecule has 1 unspecified atom stereocenters. The van der Waals surface area contributed by atoms with Crippen LogP contribution >= 0.6 is 11.6 Å². The van der Waals surface area contributed by atoms with E-state index < -0.39 is 0 Å². The van der Waals surface area contributed by atoms with Gasteiger partial charge in [0.15, 0.2) is 0 Å². The molecule has 1 aliphatic rings. The van der Waals surface area contributed by atoms with Gasteiger partial charge >= 0.3 is 0 Å². The number of rotatable bonds is 4. The van der Waals surface area contributed by atoms with Crippen LogP contribution in [0.3, 0.4) is 0 Å². The van der Waals surface area contributed by atoms with Crippen molar-refractivity contribution < 1.29 is 4.39 Å². The number of hydrogen-bond acceptors (Lipinski definition) is 1. The van der Waals surface area contributed by atoms with Gasteiger partial charge in [-0.1, -0.05) is 41.9 Å². The Morgan fingerprint density at radius 1 is 1.19 bits per heavy atom. The molecule has 3 rings (SSSR count). The number of likely N-dealkylation sites (N-methyl/N-ethyl adjacent to an activating group) is 1. The second-order valence-electron chi connectivity index (χ2n) is 5.65. The van der Waals surface area contributed by atoms with Crippen LogP contribution in [0.5, 0.6) is 0 Å². The summed E-state index contributed by atoms with van der Waals surface area (Å²) in [7, 11) is 1.89. The van der Waals surface area contributed by atoms with Crippen LogP contribution in [0.15, 0.2) is 36.4 Å². The minimum atomic E-state index is -0.358. The van der Waals surface area contributed by atoms with Crippen molar-refractivity contribution in [2.24, 2.45) is 0 Å². The van der Waals surface area contributed by atoms with Crippen molar-refractivity contribution >= 4 is 11.6 Å². The van der Waals surface area contributed by atoms with Gasteiger partial charge in [-0.3, -0.25) is 0 Å². The Labute approximate surface area is 130 Å². The molecule has 0 bridgehead atoms. The van der Waals surface area contributed by atoms with E-state index in [1.165, 1.54) is 42.0 Å². The zero-order valence-corrected chi connectivity index (χ0v) is 12.9. The molecule has 1 N–H and O–H groups in total. The summed E-state index contributed by atoms with van der Waals surface area (Å²) in [6, 6.07) is 11.7. The molecule has 0 fully saturated rings. The van der Waals surface area contributed by atoms with Gasteiger partial charge in [-0.05, 0) is 61.1 Å². The molecule has 0 aromatic heterocycles. The molecule has 0 aliphatic heterocycles. The van der Waals surface area contributed by atoms with E-state index in [0.29, 0.717) is 0 Å². The van der Waals surface area contributed by atoms with Gasteiger partial charge in [0.05, 0.1) is 5.02 Å². The Morgan fingerprint density at radius 2 is 2.00 bits per heavy atom. The topological polar surface area (TPSA) is 12.0 Å². The maximum atomic E-state index is 13.6. The van der Waals surface area contributed by atoms with Crippen molar-refractivity contribution in [2.75, 3.05) is 7.05 Å². The molecule has 110 valence electrons. The van der Waals surface area contributed by atoms with Gasteiger partial charge < -0.3 is 5.32 Å². The Hall–Kier alpha value is -1.38. The van der Waals surface area contributed by atoms with Crippen LogP contribution < -0.4 is 5.32 Å². The summed E-state index contributed by atoms with van der Waals surface area (Å²) >= 11 is 6.11. The molecule has 0 amide bonds. The molecule has 0 radical (unpaired) electrons. The SMILES string of the molecule is CNC(Cc1ccc2c(c1)CCC2)c1cccc(F)c1Cl. The molecule has 0 saturated carbocycles. The third kappa shape index (κ3) is 2.97. The predicted octanol–water partition coefficient (Wildman–Crippen LogP) is 4.47. The fraction of sp³-hybridized carbons (Fsp3) is 0.333. The Bertz CT molecular complexity index is 654. The third-order valence-corrected chi connectivity index (χ3v) is 4.71. The summed E-state index contributed by atoms with van der Waals surface area (Å²) in [4.78, 5) is 0. The lowest BCUT2D eigenvalue weighted by Gasteiger charge is -2.19. The zero-order chi connectivity index (χ0) is 14.8. The number of halogens is 2. The minimum Gasteiger partial charge on any atom is -0.313 e. The fourth-order valence-corrected chi connectivity index (χ4v) is 3.40. The normalized spacial score (nSPS) is 15.0. The highest BCUT2D eigenvalue weighted by Gasteiger charge is 2.17. The molecule has 0 saturated heterocycles. The monoisotopic (exact) mass is 303 g/mol. The van der Waals surface area contributed by atoms with E-state index in [0.717, 1.165) is 12.0 Å². The summed E-state index contributed by atoms with van der Waals surface area (Å²) in [6.07, 6.45) is 4.44. The van der Waals surface area contributed by atoms with Crippen LogP contribution in [0.1, 0.15) is 34.7 Å². The zero-order valence-electron chi connectivity index (χ0n) is 12.1. The summed E-state index contributed by atoms with van der Waals surface area (Å²) in [6.45, 7) is 0. The van der Waals surface area contributed by atoms with Gasteiger partial charge in [0.2, 0.25) is 0 Å². The predicted molar refractivity (Wildman–Crippen MR) is 85.4 cm³/mol. The smallest absolute Gasteiger partial charge is 0.142 e. The maximum Gasteiger partial charge on any atom is 0.142 e. The summed E-state index contributed by atoms with van der Waals surface area (Å²) in [5.41, 5.74) is 5.03. The van der Waals surface area contributed by atoms with E-state index in [9.17, 15) is 4.39 Å². The quantitative estimate of drug-likeness (QED) is 0.878. The molecule has 0 spiro atoms. The van der Waals surface area contributed by atoms with Crippen LogP contribution in [-0.4, -0.2) is 7.05 Å². The Morgan fingerprint density at radius 3 is 2.81 bits per heavy atom. The highest BCUT2D eigenvalue weighted by atomic mass is 35.5. The number of benzene rings is 2. The molecule has 21 heavy (non-hydrogen) atoms. The average molecular weight is 304 g/mol. The van der Waals surface area contributed by atoms with E-state index in [2.05, 4.69) is 23.5 Å². The molecule has 1 atom stereocenters. The van der Waals surface area contributed by atoms with Crippen LogP contribution in [0, 0.1) is 5.82 Å². The lowest BCUT2D eigenvalue weighted by Crippen LogP contribution is -2.19. The third-order valence-electron chi connectivity index (χ3n) is 4.31. The first-order valence-electron chi connectivity index (χ1n) is 7.41. The highest BCUT2D eigenvalue weighted by Crippen LogP contribution is 2.29. The highest BCUT2D eigenvalue weighted by molar-refractivity contribution is 6.31. The first kappa shape index (κ1) is 14.6. The minimum absolute atomic E-state index is 0.0210. The lowest BCUT2D eigenvalue weighted by molar-refractivity contribution is 0.577. The van der Waals surface area contributed by atoms with Crippen molar-refractivity contribution in [1.29, 1.82) is 0 Å². The van der Waals surface area contributed by atoms with Gasteiger partial charge in [-0.2, -0.15) is 0 Å². The lowest BCUT2D eigenvalue weighted by atomic mass is 9.96. The van der Waals surface area contributed by atoms with Crippen LogP contribution in [0.2, 0.25) is 5.02 Å². The van der Waals surface area contributed by atoms with E-state index in [-0.39, 0.29) is 16.9 Å². The molecular weight excluding hydrogens is 285 g/mol. The molecule has 2 aromatic rings. The maximum absolute atomic E-state index is 13.6. The average Bonchev–Trinajstić information content (AvgIpc) is 2.95. The summed E-state index contributed by atoms with van der Waals surface area (Å²) in [5, 5.41) is 3.47. The molecule has 0 heterocycles. The first-order chi connectivity index (χ1) is 10.2. The van der Waals surface area contributed by atoms with Crippen molar-refractivity contribution in [3.05, 3.63) is 69.5 Å². The van der Waals surface area contributed by atoms with Gasteiger partial charge in [0.25, 0.3) is 0 Å². The summed E-state index contributed by atoms with van der Waals surface area (Å²) in [5.74, 6) is -0.358. The number of aryl methyl sites for hydroxylation is 2. The Kier molecular flexibility index (Phi) is 4.27. The van der Waals surface area contributed by atoms with E-state index in [1.807, 2.05) is 13.1 Å². The first-order valence-corrected chi connectivity index (χ1v) is 7.78. The van der Waals surface area contributed by atoms with E-state index in [1.54, 1.807) is 6.07 Å². The number of fused-ring (bicyclic) bond motifs is 1. The molecular formula is C18H19ClFN. The fourth-order valence-electron chi connectivity index (χ4n) is 3.14. The van der Waals surface area contributed by atoms with E-state index in [4.69, 9.17) is 11.6 Å². The second kappa shape index (κ2) is 6.17. The Balaban J connectivity index is 1.86. The molecule has 3 heteroatoms. The van der Waals surface area contributed by atoms with Crippen molar-refractivity contribution in [3.63, 3.8) is 0 Å². The van der Waals surface area contributed by atoms with Crippen molar-refractivity contribution in [1.82, 2.24) is 5.32 Å². The van der Waals surface area contributed by atoms with Crippen LogP contribution in [0.25, 0.3) is 0 Å². The van der Waals surface area contributed by atoms with Crippen LogP contribution in [-0.2, 0) is 19.3 Å². The second-order valence-corrected chi connectivity index (χ2v) is 6.02. The number of nitrogens with one attached hydrogen (secondary N) is 1. The summed E-state index contributed by atoms with van der Waals surface area (Å²) < 4.78 is 13.6. The van der Waals surface area contributed by atoms with Crippen molar-refractivity contribution in [2.45, 2.75) is 31.7 Å². The molecule has 1 aliphatic carbocycles. The van der Waals surface area contributed by atoms with Crippen molar-refractivity contribution in [3.8, 4) is 0 Å².